The summed E-state index contributed by atoms with van der Waals surface area (Å²) in [6.45, 7) is 12.7. The molecule has 0 fully saturated rings. The van der Waals surface area contributed by atoms with E-state index in [4.69, 9.17) is 0 Å². The van der Waals surface area contributed by atoms with E-state index in [1.807, 2.05) is 30.0 Å². The summed E-state index contributed by atoms with van der Waals surface area (Å²) in [6.07, 6.45) is 7.90. The molecule has 7 nitrogen and oxygen atoms in total. The SMILES string of the molecule is CCN(CC)CCCC(C)NC(=NC)NCc1ccc(-n2ccnc2C)nc1.I. The first-order valence-corrected chi connectivity index (χ1v) is 10.2. The third kappa shape index (κ3) is 8.30. The summed E-state index contributed by atoms with van der Waals surface area (Å²) in [6, 6.07) is 4.47. The van der Waals surface area contributed by atoms with Gasteiger partial charge < -0.3 is 15.5 Å². The lowest BCUT2D eigenvalue weighted by Crippen LogP contribution is -2.42. The number of nitrogens with one attached hydrogen (secondary N) is 2. The maximum Gasteiger partial charge on any atom is 0.191 e. The molecule has 1 atom stereocenters. The lowest BCUT2D eigenvalue weighted by atomic mass is 10.2. The van der Waals surface area contributed by atoms with Crippen LogP contribution in [-0.4, -0.2) is 58.1 Å². The molecule has 8 heteroatoms. The van der Waals surface area contributed by atoms with Crippen molar-refractivity contribution in [1.82, 2.24) is 30.1 Å². The van der Waals surface area contributed by atoms with Crippen molar-refractivity contribution < 1.29 is 0 Å². The van der Waals surface area contributed by atoms with Crippen molar-refractivity contribution in [3.8, 4) is 5.82 Å². The molecule has 29 heavy (non-hydrogen) atoms. The van der Waals surface area contributed by atoms with Crippen molar-refractivity contribution in [3.63, 3.8) is 0 Å². The molecule has 0 aliphatic heterocycles. The van der Waals surface area contributed by atoms with Crippen molar-refractivity contribution in [1.29, 1.82) is 0 Å². The quantitative estimate of drug-likeness (QED) is 0.290. The van der Waals surface area contributed by atoms with E-state index in [1.54, 1.807) is 13.2 Å². The molecule has 2 rings (SSSR count). The van der Waals surface area contributed by atoms with Crippen molar-refractivity contribution in [2.75, 3.05) is 26.7 Å². The molecule has 162 valence electrons. The molecule has 0 spiro atoms. The van der Waals surface area contributed by atoms with Crippen molar-refractivity contribution in [3.05, 3.63) is 42.1 Å². The van der Waals surface area contributed by atoms with Crippen LogP contribution in [0.3, 0.4) is 0 Å². The predicted molar refractivity (Wildman–Crippen MR) is 131 cm³/mol. The van der Waals surface area contributed by atoms with Crippen molar-refractivity contribution in [2.24, 2.45) is 4.99 Å². The zero-order chi connectivity index (χ0) is 20.4. The molecule has 0 aliphatic carbocycles. The van der Waals surface area contributed by atoms with Gasteiger partial charge in [0.1, 0.15) is 11.6 Å². The zero-order valence-electron chi connectivity index (χ0n) is 18.4. The van der Waals surface area contributed by atoms with Crippen LogP contribution < -0.4 is 10.6 Å². The number of guanidine groups is 1. The topological polar surface area (TPSA) is 70.4 Å². The van der Waals surface area contributed by atoms with Crippen LogP contribution in [-0.2, 0) is 6.54 Å². The summed E-state index contributed by atoms with van der Waals surface area (Å²) >= 11 is 0. The van der Waals surface area contributed by atoms with E-state index in [9.17, 15) is 0 Å². The second kappa shape index (κ2) is 13.5. The minimum Gasteiger partial charge on any atom is -0.354 e. The molecule has 0 saturated heterocycles. The number of nitrogens with zero attached hydrogens (tertiary/aromatic N) is 5. The minimum atomic E-state index is 0. The summed E-state index contributed by atoms with van der Waals surface area (Å²) in [5.74, 6) is 2.63. The van der Waals surface area contributed by atoms with Crippen LogP contribution in [0.15, 0.2) is 35.7 Å². The summed E-state index contributed by atoms with van der Waals surface area (Å²) in [5, 5.41) is 6.85. The first-order valence-electron chi connectivity index (χ1n) is 10.2. The van der Waals surface area contributed by atoms with Gasteiger partial charge in [-0.1, -0.05) is 19.9 Å². The molecular weight excluding hydrogens is 477 g/mol. The van der Waals surface area contributed by atoms with Gasteiger partial charge in [0.25, 0.3) is 0 Å². The van der Waals surface area contributed by atoms with Gasteiger partial charge in [0.15, 0.2) is 5.96 Å². The molecule has 0 aromatic carbocycles. The Kier molecular flexibility index (Phi) is 11.8. The highest BCUT2D eigenvalue weighted by atomic mass is 127. The van der Waals surface area contributed by atoms with Crippen LogP contribution in [0, 0.1) is 6.92 Å². The number of aliphatic imine (C=N–C) groups is 1. The standard InChI is InChI=1S/C21H35N7.HI/c1-6-27(7-2)13-8-9-17(3)26-21(22-5)25-16-19-10-11-20(24-15-19)28-14-12-23-18(28)4;/h10-12,14-15,17H,6-9,13,16H2,1-5H3,(H2,22,25,26);1H. The first-order chi connectivity index (χ1) is 13.6. The molecule has 0 radical (unpaired) electrons. The summed E-state index contributed by atoms with van der Waals surface area (Å²) in [7, 11) is 1.81. The Morgan fingerprint density at radius 2 is 2.00 bits per heavy atom. The second-order valence-corrected chi connectivity index (χ2v) is 7.01. The van der Waals surface area contributed by atoms with Gasteiger partial charge >= 0.3 is 0 Å². The Morgan fingerprint density at radius 3 is 2.55 bits per heavy atom. The Hall–Kier alpha value is -1.68. The van der Waals surface area contributed by atoms with Crippen LogP contribution in [0.2, 0.25) is 0 Å². The number of hydrogen-bond acceptors (Lipinski definition) is 4. The monoisotopic (exact) mass is 513 g/mol. The van der Waals surface area contributed by atoms with E-state index in [0.717, 1.165) is 49.2 Å². The van der Waals surface area contributed by atoms with E-state index in [-0.39, 0.29) is 24.0 Å². The van der Waals surface area contributed by atoms with Gasteiger partial charge in [-0.05, 0) is 58.0 Å². The van der Waals surface area contributed by atoms with Crippen LogP contribution in [0.25, 0.3) is 5.82 Å². The van der Waals surface area contributed by atoms with Gasteiger partial charge in [-0.15, -0.1) is 24.0 Å². The highest BCUT2D eigenvalue weighted by Crippen LogP contribution is 2.08. The Bertz CT molecular complexity index is 723. The first kappa shape index (κ1) is 25.4. The summed E-state index contributed by atoms with van der Waals surface area (Å²) in [5.41, 5.74) is 1.11. The molecule has 0 amide bonds. The highest BCUT2D eigenvalue weighted by Gasteiger charge is 2.07. The van der Waals surface area contributed by atoms with Crippen LogP contribution in [0.5, 0.6) is 0 Å². The molecular formula is C21H36IN7. The highest BCUT2D eigenvalue weighted by molar-refractivity contribution is 14.0. The van der Waals surface area contributed by atoms with Crippen LogP contribution >= 0.6 is 24.0 Å². The van der Waals surface area contributed by atoms with Crippen molar-refractivity contribution in [2.45, 2.75) is 53.1 Å². The largest absolute Gasteiger partial charge is 0.354 e. The Morgan fingerprint density at radius 1 is 1.24 bits per heavy atom. The van der Waals surface area contributed by atoms with Crippen LogP contribution in [0.4, 0.5) is 0 Å². The fourth-order valence-electron chi connectivity index (χ4n) is 3.13. The number of imidazole rings is 1. The molecule has 0 saturated carbocycles. The molecule has 1 unspecified atom stereocenters. The van der Waals surface area contributed by atoms with E-state index in [2.05, 4.69) is 57.3 Å². The third-order valence-electron chi connectivity index (χ3n) is 4.95. The van der Waals surface area contributed by atoms with E-state index >= 15 is 0 Å². The number of pyridine rings is 1. The lowest BCUT2D eigenvalue weighted by molar-refractivity contribution is 0.292. The van der Waals surface area contributed by atoms with Gasteiger partial charge in [0.05, 0.1) is 0 Å². The maximum absolute atomic E-state index is 4.54. The predicted octanol–water partition coefficient (Wildman–Crippen LogP) is 3.37. The van der Waals surface area contributed by atoms with Gasteiger partial charge in [0, 0.05) is 38.2 Å². The van der Waals surface area contributed by atoms with Gasteiger partial charge in [-0.3, -0.25) is 9.56 Å². The molecule has 2 aromatic heterocycles. The fourth-order valence-corrected chi connectivity index (χ4v) is 3.13. The third-order valence-corrected chi connectivity index (χ3v) is 4.95. The normalized spacial score (nSPS) is 12.6. The van der Waals surface area contributed by atoms with E-state index < -0.39 is 0 Å². The molecule has 2 aromatic rings. The number of halogens is 1. The number of aryl methyl sites for hydroxylation is 1. The summed E-state index contributed by atoms with van der Waals surface area (Å²) < 4.78 is 1.97. The molecule has 2 heterocycles. The van der Waals surface area contributed by atoms with E-state index in [0.29, 0.717) is 12.6 Å². The van der Waals surface area contributed by atoms with Crippen LogP contribution in [0.1, 0.15) is 45.0 Å². The molecule has 0 bridgehead atoms. The maximum atomic E-state index is 4.54. The summed E-state index contributed by atoms with van der Waals surface area (Å²) in [4.78, 5) is 15.6. The van der Waals surface area contributed by atoms with Gasteiger partial charge in [-0.2, -0.15) is 0 Å². The minimum absolute atomic E-state index is 0. The number of hydrogen-bond donors (Lipinski definition) is 2. The van der Waals surface area contributed by atoms with Gasteiger partial charge in [0.2, 0.25) is 0 Å². The molecule has 2 N–H and O–H groups in total. The lowest BCUT2D eigenvalue weighted by Gasteiger charge is -2.21. The number of aromatic nitrogens is 3. The number of rotatable bonds is 10. The Balaban J connectivity index is 0.00000420. The fraction of sp³-hybridized carbons (Fsp3) is 0.571. The van der Waals surface area contributed by atoms with E-state index in [1.165, 1.54) is 6.42 Å². The average molecular weight is 513 g/mol. The average Bonchev–Trinajstić information content (AvgIpc) is 3.14. The Labute approximate surface area is 192 Å². The smallest absolute Gasteiger partial charge is 0.191 e. The second-order valence-electron chi connectivity index (χ2n) is 7.01. The van der Waals surface area contributed by atoms with Gasteiger partial charge in [-0.25, -0.2) is 9.97 Å². The zero-order valence-corrected chi connectivity index (χ0v) is 20.7. The molecule has 0 aliphatic rings. The van der Waals surface area contributed by atoms with Crippen molar-refractivity contribution >= 4 is 29.9 Å².